The van der Waals surface area contributed by atoms with Gasteiger partial charge in [0.25, 0.3) is 0 Å². The fourth-order valence-corrected chi connectivity index (χ4v) is 2.55. The fraction of sp³-hybridized carbons (Fsp3) is 0.538. The predicted octanol–water partition coefficient (Wildman–Crippen LogP) is 1.12. The van der Waals surface area contributed by atoms with Crippen LogP contribution in [0.4, 0.5) is 0 Å². The minimum atomic E-state index is -3.17. The van der Waals surface area contributed by atoms with Crippen molar-refractivity contribution < 1.29 is 13.5 Å². The molecule has 0 amide bonds. The molecule has 3 unspecified atom stereocenters. The Morgan fingerprint density at radius 3 is 2.39 bits per heavy atom. The molecule has 1 aliphatic carbocycles. The summed E-state index contributed by atoms with van der Waals surface area (Å²) in [6.07, 6.45) is 1.75. The average Bonchev–Trinajstić information content (AvgIpc) is 3.01. The second-order valence-corrected chi connectivity index (χ2v) is 7.10. The van der Waals surface area contributed by atoms with E-state index < -0.39 is 15.9 Å². The third-order valence-corrected chi connectivity index (χ3v) is 4.50. The number of sulfone groups is 1. The Morgan fingerprint density at radius 1 is 1.39 bits per heavy atom. The summed E-state index contributed by atoms with van der Waals surface area (Å²) in [6.45, 7) is 2.68. The van der Waals surface area contributed by atoms with E-state index in [2.05, 4.69) is 12.2 Å². The highest BCUT2D eigenvalue weighted by molar-refractivity contribution is 7.90. The third-order valence-electron chi connectivity index (χ3n) is 3.38. The van der Waals surface area contributed by atoms with Gasteiger partial charge >= 0.3 is 0 Å². The summed E-state index contributed by atoms with van der Waals surface area (Å²) >= 11 is 0. The largest absolute Gasteiger partial charge is 0.387 e. The van der Waals surface area contributed by atoms with Gasteiger partial charge in [-0.1, -0.05) is 19.1 Å². The Bertz CT molecular complexity index is 510. The van der Waals surface area contributed by atoms with Gasteiger partial charge in [-0.05, 0) is 30.0 Å². The molecule has 0 heterocycles. The number of benzene rings is 1. The van der Waals surface area contributed by atoms with E-state index in [1.807, 2.05) is 0 Å². The van der Waals surface area contributed by atoms with Crippen molar-refractivity contribution in [3.05, 3.63) is 29.8 Å². The SMILES string of the molecule is CC1CC1NCC(O)c1ccc(S(C)(=O)=O)cc1. The van der Waals surface area contributed by atoms with Crippen LogP contribution in [-0.2, 0) is 9.84 Å². The minimum Gasteiger partial charge on any atom is -0.387 e. The van der Waals surface area contributed by atoms with Crippen molar-refractivity contribution in [1.82, 2.24) is 5.32 Å². The molecule has 2 rings (SSSR count). The maximum atomic E-state index is 11.3. The van der Waals surface area contributed by atoms with Crippen LogP contribution in [0.25, 0.3) is 0 Å². The Balaban J connectivity index is 1.96. The second kappa shape index (κ2) is 4.99. The van der Waals surface area contributed by atoms with E-state index in [1.54, 1.807) is 12.1 Å². The van der Waals surface area contributed by atoms with Crippen LogP contribution in [0, 0.1) is 5.92 Å². The van der Waals surface area contributed by atoms with Gasteiger partial charge in [0, 0.05) is 18.8 Å². The first-order chi connectivity index (χ1) is 8.38. The lowest BCUT2D eigenvalue weighted by atomic mass is 10.1. The number of nitrogens with one attached hydrogen (secondary N) is 1. The van der Waals surface area contributed by atoms with Gasteiger partial charge in [0.2, 0.25) is 0 Å². The van der Waals surface area contributed by atoms with Gasteiger partial charge in [0.05, 0.1) is 11.0 Å². The molecule has 0 spiro atoms. The lowest BCUT2D eigenvalue weighted by molar-refractivity contribution is 0.173. The molecule has 2 N–H and O–H groups in total. The molecule has 0 radical (unpaired) electrons. The Morgan fingerprint density at radius 2 is 1.94 bits per heavy atom. The predicted molar refractivity (Wildman–Crippen MR) is 70.1 cm³/mol. The molecule has 1 aromatic carbocycles. The standard InChI is InChI=1S/C13H19NO3S/c1-9-7-12(9)14-8-13(15)10-3-5-11(6-4-10)18(2,16)17/h3-6,9,12-15H,7-8H2,1-2H3. The van der Waals surface area contributed by atoms with E-state index in [-0.39, 0.29) is 4.90 Å². The topological polar surface area (TPSA) is 66.4 Å². The fourth-order valence-electron chi connectivity index (χ4n) is 1.92. The average molecular weight is 269 g/mol. The highest BCUT2D eigenvalue weighted by Crippen LogP contribution is 2.29. The van der Waals surface area contributed by atoms with E-state index in [1.165, 1.54) is 24.8 Å². The number of rotatable bonds is 5. The highest BCUT2D eigenvalue weighted by Gasteiger charge is 2.32. The number of aliphatic hydroxyl groups is 1. The molecule has 1 fully saturated rings. The van der Waals surface area contributed by atoms with Crippen molar-refractivity contribution >= 4 is 9.84 Å². The number of hydrogen-bond acceptors (Lipinski definition) is 4. The lowest BCUT2D eigenvalue weighted by Gasteiger charge is -2.12. The van der Waals surface area contributed by atoms with Crippen molar-refractivity contribution in [3.63, 3.8) is 0 Å². The Kier molecular flexibility index (Phi) is 3.75. The first-order valence-corrected chi connectivity index (χ1v) is 7.98. The molecular formula is C13H19NO3S. The van der Waals surface area contributed by atoms with Crippen molar-refractivity contribution in [3.8, 4) is 0 Å². The van der Waals surface area contributed by atoms with Gasteiger partial charge < -0.3 is 10.4 Å². The van der Waals surface area contributed by atoms with Crippen LogP contribution in [0.3, 0.4) is 0 Å². The van der Waals surface area contributed by atoms with Crippen LogP contribution in [0.2, 0.25) is 0 Å². The quantitative estimate of drug-likeness (QED) is 0.840. The van der Waals surface area contributed by atoms with Gasteiger partial charge in [-0.2, -0.15) is 0 Å². The summed E-state index contributed by atoms with van der Waals surface area (Å²) in [4.78, 5) is 0.280. The highest BCUT2D eigenvalue weighted by atomic mass is 32.2. The summed E-state index contributed by atoms with van der Waals surface area (Å²) in [5.41, 5.74) is 0.739. The minimum absolute atomic E-state index is 0.280. The molecule has 0 aliphatic heterocycles. The van der Waals surface area contributed by atoms with Crippen LogP contribution in [0.15, 0.2) is 29.2 Å². The summed E-state index contributed by atoms with van der Waals surface area (Å²) < 4.78 is 22.6. The van der Waals surface area contributed by atoms with Gasteiger partial charge in [-0.25, -0.2) is 8.42 Å². The first kappa shape index (κ1) is 13.5. The van der Waals surface area contributed by atoms with Crippen molar-refractivity contribution in [2.24, 2.45) is 5.92 Å². The third kappa shape index (κ3) is 3.31. The van der Waals surface area contributed by atoms with Gasteiger partial charge in [0.1, 0.15) is 0 Å². The molecule has 1 aromatic rings. The summed E-state index contributed by atoms with van der Waals surface area (Å²) in [5, 5.41) is 13.2. The molecule has 5 heteroatoms. The molecule has 0 saturated heterocycles. The molecule has 1 aliphatic rings. The number of hydrogen-bond donors (Lipinski definition) is 2. The molecule has 18 heavy (non-hydrogen) atoms. The summed E-state index contributed by atoms with van der Waals surface area (Å²) in [7, 11) is -3.17. The molecule has 0 aromatic heterocycles. The first-order valence-electron chi connectivity index (χ1n) is 6.09. The molecule has 3 atom stereocenters. The zero-order chi connectivity index (χ0) is 13.3. The Hall–Kier alpha value is -0.910. The van der Waals surface area contributed by atoms with Gasteiger partial charge in [0.15, 0.2) is 9.84 Å². The van der Waals surface area contributed by atoms with Crippen molar-refractivity contribution in [2.45, 2.75) is 30.4 Å². The molecule has 1 saturated carbocycles. The zero-order valence-corrected chi connectivity index (χ0v) is 11.4. The maximum absolute atomic E-state index is 11.3. The van der Waals surface area contributed by atoms with E-state index in [4.69, 9.17) is 0 Å². The van der Waals surface area contributed by atoms with E-state index in [0.717, 1.165) is 5.56 Å². The summed E-state index contributed by atoms with van der Waals surface area (Å²) in [6, 6.07) is 6.93. The maximum Gasteiger partial charge on any atom is 0.175 e. The zero-order valence-electron chi connectivity index (χ0n) is 10.6. The van der Waals surface area contributed by atoms with E-state index >= 15 is 0 Å². The second-order valence-electron chi connectivity index (χ2n) is 5.08. The van der Waals surface area contributed by atoms with E-state index in [9.17, 15) is 13.5 Å². The van der Waals surface area contributed by atoms with Gasteiger partial charge in [-0.3, -0.25) is 0 Å². The molecular weight excluding hydrogens is 250 g/mol. The molecule has 4 nitrogen and oxygen atoms in total. The number of aliphatic hydroxyl groups excluding tert-OH is 1. The summed E-state index contributed by atoms with van der Waals surface area (Å²) in [5.74, 6) is 0.699. The van der Waals surface area contributed by atoms with Crippen LogP contribution < -0.4 is 5.32 Å². The molecule has 0 bridgehead atoms. The van der Waals surface area contributed by atoms with Crippen LogP contribution >= 0.6 is 0 Å². The van der Waals surface area contributed by atoms with Crippen LogP contribution in [0.5, 0.6) is 0 Å². The normalized spacial score (nSPS) is 24.8. The van der Waals surface area contributed by atoms with Crippen molar-refractivity contribution in [2.75, 3.05) is 12.8 Å². The van der Waals surface area contributed by atoms with Crippen LogP contribution in [-0.4, -0.2) is 32.4 Å². The monoisotopic (exact) mass is 269 g/mol. The lowest BCUT2D eigenvalue weighted by Crippen LogP contribution is -2.24. The van der Waals surface area contributed by atoms with E-state index in [0.29, 0.717) is 18.5 Å². The van der Waals surface area contributed by atoms with Crippen LogP contribution in [0.1, 0.15) is 25.0 Å². The van der Waals surface area contributed by atoms with Gasteiger partial charge in [-0.15, -0.1) is 0 Å². The smallest absolute Gasteiger partial charge is 0.175 e. The Labute approximate surface area is 108 Å². The van der Waals surface area contributed by atoms with Crippen molar-refractivity contribution in [1.29, 1.82) is 0 Å². The molecule has 100 valence electrons.